The second-order valence-electron chi connectivity index (χ2n) is 15.5. The smallest absolute Gasteiger partial charge is 0.0464 e. The number of fused-ring (bicyclic) bond motifs is 4. The number of benzene rings is 9. The Labute approximate surface area is 335 Å². The highest BCUT2D eigenvalue weighted by molar-refractivity contribution is 5.98. The highest BCUT2D eigenvalue weighted by Crippen LogP contribution is 2.50. The molecule has 0 bridgehead atoms. The van der Waals surface area contributed by atoms with E-state index in [0.29, 0.717) is 0 Å². The van der Waals surface area contributed by atoms with Gasteiger partial charge in [0.1, 0.15) is 0 Å². The third-order valence-electron chi connectivity index (χ3n) is 11.7. The van der Waals surface area contributed by atoms with Crippen LogP contribution in [-0.2, 0) is 5.41 Å². The Morgan fingerprint density at radius 1 is 0.316 bits per heavy atom. The highest BCUT2D eigenvalue weighted by atomic mass is 14.9. The van der Waals surface area contributed by atoms with Gasteiger partial charge in [-0.1, -0.05) is 172 Å². The second-order valence-corrected chi connectivity index (χ2v) is 15.5. The summed E-state index contributed by atoms with van der Waals surface area (Å²) in [4.78, 5) is 0. The number of rotatable bonds is 8. The topological polar surface area (TPSA) is 24.1 Å². The molecule has 2 nitrogen and oxygen atoms in total. The average molecular weight is 731 g/mol. The molecule has 9 aromatic carbocycles. The molecule has 272 valence electrons. The lowest BCUT2D eigenvalue weighted by Gasteiger charge is -2.22. The van der Waals surface area contributed by atoms with Crippen molar-refractivity contribution in [3.8, 4) is 55.6 Å². The van der Waals surface area contributed by atoms with Gasteiger partial charge in [-0.25, -0.2) is 0 Å². The van der Waals surface area contributed by atoms with E-state index in [0.717, 1.165) is 45.0 Å². The first kappa shape index (κ1) is 34.3. The van der Waals surface area contributed by atoms with E-state index in [1.54, 1.807) is 0 Å². The Kier molecular flexibility index (Phi) is 8.53. The van der Waals surface area contributed by atoms with Gasteiger partial charge >= 0.3 is 0 Å². The van der Waals surface area contributed by atoms with Crippen molar-refractivity contribution in [3.63, 3.8) is 0 Å². The van der Waals surface area contributed by atoms with Crippen LogP contribution in [0.1, 0.15) is 25.0 Å². The third kappa shape index (κ3) is 6.36. The van der Waals surface area contributed by atoms with Gasteiger partial charge in [0.2, 0.25) is 0 Å². The zero-order valence-electron chi connectivity index (χ0n) is 32.1. The van der Waals surface area contributed by atoms with E-state index < -0.39 is 0 Å². The third-order valence-corrected chi connectivity index (χ3v) is 11.7. The van der Waals surface area contributed by atoms with Crippen LogP contribution in [0.2, 0.25) is 0 Å². The fourth-order valence-electron chi connectivity index (χ4n) is 8.67. The molecule has 57 heavy (non-hydrogen) atoms. The molecule has 0 spiro atoms. The van der Waals surface area contributed by atoms with Crippen LogP contribution in [-0.4, -0.2) is 0 Å². The lowest BCUT2D eigenvalue weighted by atomic mass is 9.81. The van der Waals surface area contributed by atoms with E-state index in [2.05, 4.69) is 231 Å². The van der Waals surface area contributed by atoms with Gasteiger partial charge in [0, 0.05) is 44.7 Å². The van der Waals surface area contributed by atoms with Crippen LogP contribution in [0.15, 0.2) is 206 Å². The molecule has 0 aromatic heterocycles. The maximum Gasteiger partial charge on any atom is 0.0464 e. The SMILES string of the molecule is CC1(C)c2ccccc2-c2ccc(-c3cc(-c4ccc(Nc5cccc6ccccc56)c(-c5ccccc5)c4)ccc3Nc3cccc(-c4ccccc4)c3)cc21. The standard InChI is InChI=1S/C55H42N2/c1-55(2)50-25-12-11-24-46(50)47-30-27-43(36-51(47)55)49-35-42(28-31-53(49)56-44-22-13-21-40(33-44)37-15-5-3-6-16-37)41-29-32-54(48(34-41)39-17-7-4-8-18-39)57-52-26-14-20-38-19-9-10-23-45(38)52/h3-36,56-57H,1-2H3. The highest BCUT2D eigenvalue weighted by Gasteiger charge is 2.35. The first-order valence-corrected chi connectivity index (χ1v) is 19.8. The van der Waals surface area contributed by atoms with Crippen LogP contribution < -0.4 is 10.6 Å². The molecular weight excluding hydrogens is 689 g/mol. The van der Waals surface area contributed by atoms with Gasteiger partial charge in [-0.3, -0.25) is 0 Å². The van der Waals surface area contributed by atoms with Crippen molar-refractivity contribution in [1.82, 2.24) is 0 Å². The quantitative estimate of drug-likeness (QED) is 0.163. The maximum absolute atomic E-state index is 3.84. The van der Waals surface area contributed by atoms with E-state index >= 15 is 0 Å². The van der Waals surface area contributed by atoms with Gasteiger partial charge in [-0.15, -0.1) is 0 Å². The van der Waals surface area contributed by atoms with Crippen LogP contribution >= 0.6 is 0 Å². The van der Waals surface area contributed by atoms with E-state index in [1.807, 2.05) is 0 Å². The number of hydrogen-bond acceptors (Lipinski definition) is 2. The molecule has 0 saturated heterocycles. The molecule has 2 N–H and O–H groups in total. The molecule has 2 heteroatoms. The second kappa shape index (κ2) is 14.2. The fourth-order valence-corrected chi connectivity index (χ4v) is 8.67. The average Bonchev–Trinajstić information content (AvgIpc) is 3.50. The van der Waals surface area contributed by atoms with Crippen molar-refractivity contribution in [1.29, 1.82) is 0 Å². The Hall–Kier alpha value is -7.16. The summed E-state index contributed by atoms with van der Waals surface area (Å²) < 4.78 is 0. The minimum atomic E-state index is -0.103. The molecule has 0 amide bonds. The Bertz CT molecular complexity index is 2920. The van der Waals surface area contributed by atoms with Crippen molar-refractivity contribution < 1.29 is 0 Å². The molecule has 0 saturated carbocycles. The zero-order valence-corrected chi connectivity index (χ0v) is 32.1. The predicted molar refractivity (Wildman–Crippen MR) is 243 cm³/mol. The molecular formula is C55H42N2. The van der Waals surface area contributed by atoms with Crippen LogP contribution in [0.5, 0.6) is 0 Å². The van der Waals surface area contributed by atoms with E-state index in [-0.39, 0.29) is 5.41 Å². The number of hydrogen-bond donors (Lipinski definition) is 2. The molecule has 10 rings (SSSR count). The summed E-state index contributed by atoms with van der Waals surface area (Å²) >= 11 is 0. The normalized spacial score (nSPS) is 12.5. The predicted octanol–water partition coefficient (Wildman–Crippen LogP) is 15.3. The lowest BCUT2D eigenvalue weighted by molar-refractivity contribution is 0.660. The first-order valence-electron chi connectivity index (χ1n) is 19.8. The summed E-state index contributed by atoms with van der Waals surface area (Å²) in [5, 5.41) is 10.1. The van der Waals surface area contributed by atoms with E-state index in [9.17, 15) is 0 Å². The Morgan fingerprint density at radius 2 is 0.877 bits per heavy atom. The van der Waals surface area contributed by atoms with Crippen molar-refractivity contribution in [2.45, 2.75) is 19.3 Å². The lowest BCUT2D eigenvalue weighted by Crippen LogP contribution is -2.14. The van der Waals surface area contributed by atoms with Gasteiger partial charge in [0.25, 0.3) is 0 Å². The van der Waals surface area contributed by atoms with Crippen molar-refractivity contribution in [2.24, 2.45) is 0 Å². The molecule has 1 aliphatic rings. The molecule has 0 fully saturated rings. The number of anilines is 4. The van der Waals surface area contributed by atoms with Gasteiger partial charge < -0.3 is 10.6 Å². The summed E-state index contributed by atoms with van der Waals surface area (Å²) in [5.41, 5.74) is 18.9. The Morgan fingerprint density at radius 3 is 1.67 bits per heavy atom. The molecule has 0 radical (unpaired) electrons. The largest absolute Gasteiger partial charge is 0.355 e. The Balaban J connectivity index is 1.10. The van der Waals surface area contributed by atoms with Crippen LogP contribution in [0.4, 0.5) is 22.7 Å². The van der Waals surface area contributed by atoms with Gasteiger partial charge in [-0.05, 0) is 110 Å². The minimum absolute atomic E-state index is 0.103. The molecule has 0 heterocycles. The van der Waals surface area contributed by atoms with Crippen molar-refractivity contribution in [3.05, 3.63) is 217 Å². The summed E-state index contributed by atoms with van der Waals surface area (Å²) in [6.07, 6.45) is 0. The van der Waals surface area contributed by atoms with E-state index in [4.69, 9.17) is 0 Å². The summed E-state index contributed by atoms with van der Waals surface area (Å²) in [6, 6.07) is 74.5. The zero-order chi connectivity index (χ0) is 38.3. The molecule has 0 atom stereocenters. The van der Waals surface area contributed by atoms with E-state index in [1.165, 1.54) is 55.3 Å². The van der Waals surface area contributed by atoms with Crippen LogP contribution in [0.3, 0.4) is 0 Å². The monoisotopic (exact) mass is 730 g/mol. The van der Waals surface area contributed by atoms with Crippen LogP contribution in [0, 0.1) is 0 Å². The summed E-state index contributed by atoms with van der Waals surface area (Å²) in [5.74, 6) is 0. The molecule has 1 aliphatic carbocycles. The summed E-state index contributed by atoms with van der Waals surface area (Å²) in [6.45, 7) is 4.70. The minimum Gasteiger partial charge on any atom is -0.355 e. The molecule has 0 aliphatic heterocycles. The van der Waals surface area contributed by atoms with Gasteiger partial charge in [0.05, 0.1) is 0 Å². The number of nitrogens with one attached hydrogen (secondary N) is 2. The fraction of sp³-hybridized carbons (Fsp3) is 0.0545. The van der Waals surface area contributed by atoms with Gasteiger partial charge in [0.15, 0.2) is 0 Å². The molecule has 0 unspecified atom stereocenters. The summed E-state index contributed by atoms with van der Waals surface area (Å²) in [7, 11) is 0. The van der Waals surface area contributed by atoms with Crippen LogP contribution in [0.25, 0.3) is 66.4 Å². The first-order chi connectivity index (χ1) is 28.0. The molecule has 9 aromatic rings. The maximum atomic E-state index is 3.84. The van der Waals surface area contributed by atoms with Crippen molar-refractivity contribution >= 4 is 33.5 Å². The van der Waals surface area contributed by atoms with Crippen molar-refractivity contribution in [2.75, 3.05) is 10.6 Å². The van der Waals surface area contributed by atoms with Gasteiger partial charge in [-0.2, -0.15) is 0 Å².